The van der Waals surface area contributed by atoms with Gasteiger partial charge in [0.25, 0.3) is 0 Å². The van der Waals surface area contributed by atoms with Crippen molar-refractivity contribution in [3.05, 3.63) is 53.8 Å². The summed E-state index contributed by atoms with van der Waals surface area (Å²) in [4.78, 5) is 11.7. The molecule has 90 valence electrons. The molecule has 0 spiro atoms. The minimum absolute atomic E-state index is 0.00569. The third-order valence-electron chi connectivity index (χ3n) is 3.33. The average molecular weight is 241 g/mol. The molecule has 1 N–H and O–H groups in total. The predicted octanol–water partition coefficient (Wildman–Crippen LogP) is 3.55. The lowest BCUT2D eigenvalue weighted by Gasteiger charge is -2.10. The number of hydrogen-bond donors (Lipinski definition) is 1. The molecule has 18 heavy (non-hydrogen) atoms. The van der Waals surface area contributed by atoms with Crippen LogP contribution in [0.3, 0.4) is 0 Å². The molecule has 2 nitrogen and oxygen atoms in total. The van der Waals surface area contributed by atoms with Gasteiger partial charge in [-0.25, -0.2) is 4.39 Å². The van der Waals surface area contributed by atoms with Crippen molar-refractivity contribution in [1.82, 2.24) is 0 Å². The van der Waals surface area contributed by atoms with Crippen LogP contribution in [0.1, 0.15) is 18.4 Å². The summed E-state index contributed by atoms with van der Waals surface area (Å²) in [7, 11) is 0. The zero-order valence-electron chi connectivity index (χ0n) is 9.91. The second kappa shape index (κ2) is 3.95. The molecule has 1 amide bonds. The Hall–Kier alpha value is -2.16. The Labute approximate surface area is 104 Å². The van der Waals surface area contributed by atoms with E-state index in [4.69, 9.17) is 0 Å². The standard InChI is InChI=1S/C15H12FNO/c1-9-14-12(10-4-2-5-11(16)8-10)6-3-7-13(14)17-15(9)18/h2-9H,1H3,(H,17,18). The van der Waals surface area contributed by atoms with E-state index in [9.17, 15) is 9.18 Å². The lowest BCUT2D eigenvalue weighted by molar-refractivity contribution is -0.116. The van der Waals surface area contributed by atoms with Crippen LogP contribution in [0.25, 0.3) is 11.1 Å². The number of amides is 1. The maximum atomic E-state index is 13.3. The van der Waals surface area contributed by atoms with Crippen molar-refractivity contribution < 1.29 is 9.18 Å². The van der Waals surface area contributed by atoms with E-state index >= 15 is 0 Å². The molecule has 0 saturated carbocycles. The molecule has 0 bridgehead atoms. The van der Waals surface area contributed by atoms with Crippen molar-refractivity contribution in [2.24, 2.45) is 0 Å². The van der Waals surface area contributed by atoms with Crippen molar-refractivity contribution in [3.63, 3.8) is 0 Å². The zero-order valence-corrected chi connectivity index (χ0v) is 9.91. The summed E-state index contributed by atoms with van der Waals surface area (Å²) in [5, 5.41) is 2.84. The van der Waals surface area contributed by atoms with Gasteiger partial charge in [-0.3, -0.25) is 4.79 Å². The van der Waals surface area contributed by atoms with Gasteiger partial charge >= 0.3 is 0 Å². The van der Waals surface area contributed by atoms with E-state index in [1.54, 1.807) is 6.07 Å². The van der Waals surface area contributed by atoms with E-state index in [0.717, 1.165) is 22.4 Å². The Morgan fingerprint density at radius 1 is 1.17 bits per heavy atom. The van der Waals surface area contributed by atoms with Crippen LogP contribution in [0, 0.1) is 5.82 Å². The topological polar surface area (TPSA) is 29.1 Å². The molecule has 3 heteroatoms. The Balaban J connectivity index is 2.21. The van der Waals surface area contributed by atoms with Gasteiger partial charge in [-0.15, -0.1) is 0 Å². The van der Waals surface area contributed by atoms with Crippen LogP contribution in [-0.4, -0.2) is 5.91 Å². The zero-order chi connectivity index (χ0) is 12.7. The Morgan fingerprint density at radius 2 is 1.94 bits per heavy atom. The summed E-state index contributed by atoms with van der Waals surface area (Å²) in [6.45, 7) is 1.87. The normalized spacial score (nSPS) is 17.4. The molecule has 3 rings (SSSR count). The molecule has 0 saturated heterocycles. The first-order valence-electron chi connectivity index (χ1n) is 5.86. The van der Waals surface area contributed by atoms with Crippen LogP contribution >= 0.6 is 0 Å². The number of anilines is 1. The van der Waals surface area contributed by atoms with Gasteiger partial charge in [0.05, 0.1) is 5.92 Å². The van der Waals surface area contributed by atoms with E-state index in [-0.39, 0.29) is 17.6 Å². The van der Waals surface area contributed by atoms with Crippen molar-refractivity contribution in [2.45, 2.75) is 12.8 Å². The second-order valence-corrected chi connectivity index (χ2v) is 4.49. The number of carbonyl (C=O) groups is 1. The van der Waals surface area contributed by atoms with Crippen LogP contribution in [0.4, 0.5) is 10.1 Å². The van der Waals surface area contributed by atoms with Crippen molar-refractivity contribution >= 4 is 11.6 Å². The monoisotopic (exact) mass is 241 g/mol. The third-order valence-corrected chi connectivity index (χ3v) is 3.33. The Morgan fingerprint density at radius 3 is 2.72 bits per heavy atom. The highest BCUT2D eigenvalue weighted by molar-refractivity contribution is 6.05. The molecule has 1 atom stereocenters. The molecule has 0 fully saturated rings. The second-order valence-electron chi connectivity index (χ2n) is 4.49. The van der Waals surface area contributed by atoms with E-state index in [2.05, 4.69) is 5.32 Å². The summed E-state index contributed by atoms with van der Waals surface area (Å²) < 4.78 is 13.3. The lowest BCUT2D eigenvalue weighted by Crippen LogP contribution is -2.08. The average Bonchev–Trinajstić information content (AvgIpc) is 2.65. The smallest absolute Gasteiger partial charge is 0.231 e. The largest absolute Gasteiger partial charge is 0.325 e. The minimum atomic E-state index is -0.268. The van der Waals surface area contributed by atoms with Crippen LogP contribution in [0.5, 0.6) is 0 Å². The van der Waals surface area contributed by atoms with Crippen molar-refractivity contribution in [3.8, 4) is 11.1 Å². The fraction of sp³-hybridized carbons (Fsp3) is 0.133. The summed E-state index contributed by atoms with van der Waals surface area (Å²) in [6.07, 6.45) is 0. The minimum Gasteiger partial charge on any atom is -0.325 e. The first-order chi connectivity index (χ1) is 8.66. The highest BCUT2D eigenvalue weighted by atomic mass is 19.1. The highest BCUT2D eigenvalue weighted by Gasteiger charge is 2.29. The molecule has 2 aromatic carbocycles. The SMILES string of the molecule is CC1C(=O)Nc2cccc(-c3cccc(F)c3)c21. The van der Waals surface area contributed by atoms with E-state index in [1.807, 2.05) is 31.2 Å². The fourth-order valence-corrected chi connectivity index (χ4v) is 2.42. The van der Waals surface area contributed by atoms with Gasteiger partial charge in [-0.1, -0.05) is 24.3 Å². The molecule has 1 aliphatic rings. The van der Waals surface area contributed by atoms with E-state index in [0.29, 0.717) is 0 Å². The fourth-order valence-electron chi connectivity index (χ4n) is 2.42. The van der Waals surface area contributed by atoms with Crippen LogP contribution in [-0.2, 0) is 4.79 Å². The van der Waals surface area contributed by atoms with Gasteiger partial charge in [0.1, 0.15) is 5.82 Å². The van der Waals surface area contributed by atoms with Gasteiger partial charge in [0.15, 0.2) is 0 Å². The number of fused-ring (bicyclic) bond motifs is 1. The predicted molar refractivity (Wildman–Crippen MR) is 68.9 cm³/mol. The maximum Gasteiger partial charge on any atom is 0.231 e. The van der Waals surface area contributed by atoms with Gasteiger partial charge in [0.2, 0.25) is 5.91 Å². The first-order valence-corrected chi connectivity index (χ1v) is 5.86. The summed E-state index contributed by atoms with van der Waals surface area (Å²) >= 11 is 0. The van der Waals surface area contributed by atoms with E-state index < -0.39 is 0 Å². The number of benzene rings is 2. The molecule has 0 aliphatic carbocycles. The molecule has 1 aliphatic heterocycles. The summed E-state index contributed by atoms with van der Waals surface area (Å²) in [6, 6.07) is 12.1. The van der Waals surface area contributed by atoms with Gasteiger partial charge < -0.3 is 5.32 Å². The summed E-state index contributed by atoms with van der Waals surface area (Å²) in [5.41, 5.74) is 3.50. The van der Waals surface area contributed by atoms with Crippen LogP contribution in [0.15, 0.2) is 42.5 Å². The molecule has 1 heterocycles. The number of carbonyl (C=O) groups excluding carboxylic acids is 1. The molecule has 0 aromatic heterocycles. The molecular formula is C15H12FNO. The van der Waals surface area contributed by atoms with Crippen LogP contribution < -0.4 is 5.32 Å². The molecule has 1 unspecified atom stereocenters. The van der Waals surface area contributed by atoms with E-state index in [1.165, 1.54) is 12.1 Å². The Bertz CT molecular complexity index is 636. The quantitative estimate of drug-likeness (QED) is 0.812. The number of nitrogens with one attached hydrogen (secondary N) is 1. The van der Waals surface area contributed by atoms with Crippen LogP contribution in [0.2, 0.25) is 0 Å². The highest BCUT2D eigenvalue weighted by Crippen LogP contribution is 2.39. The maximum absolute atomic E-state index is 13.3. The first kappa shape index (κ1) is 11.0. The van der Waals surface area contributed by atoms with Gasteiger partial charge in [0, 0.05) is 5.69 Å². The van der Waals surface area contributed by atoms with Crippen molar-refractivity contribution in [1.29, 1.82) is 0 Å². The molecular weight excluding hydrogens is 229 g/mol. The number of rotatable bonds is 1. The van der Waals surface area contributed by atoms with Gasteiger partial charge in [-0.2, -0.15) is 0 Å². The third kappa shape index (κ3) is 1.59. The lowest BCUT2D eigenvalue weighted by atomic mass is 9.92. The summed E-state index contributed by atoms with van der Waals surface area (Å²) in [5.74, 6) is -0.469. The number of hydrogen-bond acceptors (Lipinski definition) is 1. The Kier molecular flexibility index (Phi) is 2.40. The number of halogens is 1. The van der Waals surface area contributed by atoms with Crippen molar-refractivity contribution in [2.75, 3.05) is 5.32 Å². The van der Waals surface area contributed by atoms with Gasteiger partial charge in [-0.05, 0) is 41.8 Å². The molecule has 0 radical (unpaired) electrons. The molecule has 2 aromatic rings.